The molecule has 1 N–H and O–H groups in total. The normalized spacial score (nSPS) is 10.3. The van der Waals surface area contributed by atoms with Crippen molar-refractivity contribution in [3.8, 4) is 5.88 Å². The Morgan fingerprint density at radius 2 is 2.18 bits per heavy atom. The Morgan fingerprint density at radius 1 is 1.35 bits per heavy atom. The topological polar surface area (TPSA) is 52.0 Å². The largest absolute Gasteiger partial charge is 0.481 e. The van der Waals surface area contributed by atoms with Crippen LogP contribution in [0.2, 0.25) is 0 Å². The van der Waals surface area contributed by atoms with Gasteiger partial charge in [-0.3, -0.25) is 4.68 Å². The standard InChI is InChI=1S/C12H16N4O/c1-9-10(7-15-16(9)2)6-13-11-4-5-12(17-3)14-8-11/h4-5,7-8,13H,6H2,1-3H3. The van der Waals surface area contributed by atoms with Crippen molar-refractivity contribution in [3.63, 3.8) is 0 Å². The fraction of sp³-hybridized carbons (Fsp3) is 0.333. The molecule has 0 aliphatic heterocycles. The van der Waals surface area contributed by atoms with Gasteiger partial charge in [-0.25, -0.2) is 4.98 Å². The lowest BCUT2D eigenvalue weighted by Gasteiger charge is -2.06. The number of hydrogen-bond acceptors (Lipinski definition) is 4. The molecule has 0 radical (unpaired) electrons. The van der Waals surface area contributed by atoms with Gasteiger partial charge in [0.2, 0.25) is 5.88 Å². The van der Waals surface area contributed by atoms with Crippen LogP contribution in [0.4, 0.5) is 5.69 Å². The number of aryl methyl sites for hydroxylation is 1. The summed E-state index contributed by atoms with van der Waals surface area (Å²) in [5, 5.41) is 7.49. The van der Waals surface area contributed by atoms with Crippen molar-refractivity contribution in [2.45, 2.75) is 13.5 Å². The monoisotopic (exact) mass is 232 g/mol. The molecule has 2 aromatic heterocycles. The van der Waals surface area contributed by atoms with Crippen LogP contribution in [0.25, 0.3) is 0 Å². The Hall–Kier alpha value is -2.04. The van der Waals surface area contributed by atoms with Crippen LogP contribution in [0, 0.1) is 6.92 Å². The van der Waals surface area contributed by atoms with Crippen LogP contribution >= 0.6 is 0 Å². The van der Waals surface area contributed by atoms with Gasteiger partial charge in [0.15, 0.2) is 0 Å². The minimum atomic E-state index is 0.619. The molecule has 0 aromatic carbocycles. The second-order valence-corrected chi connectivity index (χ2v) is 3.82. The highest BCUT2D eigenvalue weighted by molar-refractivity contribution is 5.42. The molecule has 0 saturated heterocycles. The predicted octanol–water partition coefficient (Wildman–Crippen LogP) is 1.74. The van der Waals surface area contributed by atoms with Crippen LogP contribution < -0.4 is 10.1 Å². The molecule has 0 spiro atoms. The van der Waals surface area contributed by atoms with Gasteiger partial charge in [-0.1, -0.05) is 0 Å². The first-order valence-corrected chi connectivity index (χ1v) is 5.42. The summed E-state index contributed by atoms with van der Waals surface area (Å²) in [7, 11) is 3.54. The molecule has 2 rings (SSSR count). The first-order chi connectivity index (χ1) is 8.20. The van der Waals surface area contributed by atoms with Crippen molar-refractivity contribution in [3.05, 3.63) is 35.8 Å². The van der Waals surface area contributed by atoms with Gasteiger partial charge in [-0.2, -0.15) is 5.10 Å². The number of aromatic nitrogens is 3. The van der Waals surface area contributed by atoms with E-state index in [1.165, 1.54) is 11.3 Å². The van der Waals surface area contributed by atoms with Crippen molar-refractivity contribution < 1.29 is 4.74 Å². The first kappa shape index (κ1) is 11.4. The molecule has 0 aliphatic carbocycles. The van der Waals surface area contributed by atoms with Crippen LogP contribution in [0.15, 0.2) is 24.5 Å². The van der Waals surface area contributed by atoms with Crippen LogP contribution in [0.5, 0.6) is 5.88 Å². The fourth-order valence-corrected chi connectivity index (χ4v) is 1.52. The molecule has 0 unspecified atom stereocenters. The molecule has 0 amide bonds. The third kappa shape index (κ3) is 2.55. The molecular weight excluding hydrogens is 216 g/mol. The molecule has 5 heteroatoms. The van der Waals surface area contributed by atoms with Gasteiger partial charge in [-0.05, 0) is 13.0 Å². The van der Waals surface area contributed by atoms with E-state index in [0.29, 0.717) is 5.88 Å². The number of nitrogens with zero attached hydrogens (tertiary/aromatic N) is 3. The molecular formula is C12H16N4O. The molecule has 0 fully saturated rings. The number of ether oxygens (including phenoxy) is 1. The Morgan fingerprint density at radius 3 is 2.71 bits per heavy atom. The Kier molecular flexibility index (Phi) is 3.27. The first-order valence-electron chi connectivity index (χ1n) is 5.42. The molecule has 17 heavy (non-hydrogen) atoms. The number of rotatable bonds is 4. The summed E-state index contributed by atoms with van der Waals surface area (Å²) in [5.74, 6) is 0.619. The quantitative estimate of drug-likeness (QED) is 0.872. The molecule has 90 valence electrons. The highest BCUT2D eigenvalue weighted by Gasteiger charge is 2.03. The zero-order valence-electron chi connectivity index (χ0n) is 10.3. The lowest BCUT2D eigenvalue weighted by molar-refractivity contribution is 0.398. The average molecular weight is 232 g/mol. The van der Waals surface area contributed by atoms with E-state index in [4.69, 9.17) is 4.74 Å². The number of anilines is 1. The van der Waals surface area contributed by atoms with E-state index in [1.807, 2.05) is 30.1 Å². The Bertz CT molecular complexity index is 490. The summed E-state index contributed by atoms with van der Waals surface area (Å²) in [6.07, 6.45) is 3.63. The summed E-state index contributed by atoms with van der Waals surface area (Å²) in [4.78, 5) is 4.13. The predicted molar refractivity (Wildman–Crippen MR) is 66.1 cm³/mol. The lowest BCUT2D eigenvalue weighted by atomic mass is 10.2. The molecule has 0 saturated carbocycles. The summed E-state index contributed by atoms with van der Waals surface area (Å²) in [6, 6.07) is 3.77. The van der Waals surface area contributed by atoms with Crippen molar-refractivity contribution in [2.24, 2.45) is 7.05 Å². The van der Waals surface area contributed by atoms with Crippen molar-refractivity contribution in [1.29, 1.82) is 0 Å². The minimum Gasteiger partial charge on any atom is -0.481 e. The van der Waals surface area contributed by atoms with Gasteiger partial charge >= 0.3 is 0 Å². The zero-order chi connectivity index (χ0) is 12.3. The van der Waals surface area contributed by atoms with Crippen molar-refractivity contribution >= 4 is 5.69 Å². The second-order valence-electron chi connectivity index (χ2n) is 3.82. The molecule has 2 aromatic rings. The highest BCUT2D eigenvalue weighted by Crippen LogP contribution is 2.13. The van der Waals surface area contributed by atoms with E-state index >= 15 is 0 Å². The van der Waals surface area contributed by atoms with Crippen LogP contribution in [0.1, 0.15) is 11.3 Å². The lowest BCUT2D eigenvalue weighted by Crippen LogP contribution is -2.01. The van der Waals surface area contributed by atoms with Gasteiger partial charge in [-0.15, -0.1) is 0 Å². The molecule has 2 heterocycles. The van der Waals surface area contributed by atoms with E-state index in [-0.39, 0.29) is 0 Å². The number of hydrogen-bond donors (Lipinski definition) is 1. The smallest absolute Gasteiger partial charge is 0.213 e. The molecule has 5 nitrogen and oxygen atoms in total. The zero-order valence-corrected chi connectivity index (χ0v) is 10.3. The number of pyridine rings is 1. The highest BCUT2D eigenvalue weighted by atomic mass is 16.5. The van der Waals surface area contributed by atoms with Gasteiger partial charge in [0.25, 0.3) is 0 Å². The summed E-state index contributed by atoms with van der Waals surface area (Å²) >= 11 is 0. The van der Waals surface area contributed by atoms with Crippen LogP contribution in [-0.4, -0.2) is 21.9 Å². The average Bonchev–Trinajstić information content (AvgIpc) is 2.68. The van der Waals surface area contributed by atoms with E-state index in [2.05, 4.69) is 22.3 Å². The number of methoxy groups -OCH3 is 1. The maximum Gasteiger partial charge on any atom is 0.213 e. The molecule has 0 atom stereocenters. The Balaban J connectivity index is 2.00. The summed E-state index contributed by atoms with van der Waals surface area (Å²) < 4.78 is 6.87. The maximum absolute atomic E-state index is 5.00. The third-order valence-corrected chi connectivity index (χ3v) is 2.77. The van der Waals surface area contributed by atoms with E-state index in [0.717, 1.165) is 12.2 Å². The second kappa shape index (κ2) is 4.86. The fourth-order valence-electron chi connectivity index (χ4n) is 1.52. The van der Waals surface area contributed by atoms with Crippen molar-refractivity contribution in [1.82, 2.24) is 14.8 Å². The van der Waals surface area contributed by atoms with Crippen molar-refractivity contribution in [2.75, 3.05) is 12.4 Å². The Labute approximate surface area is 100 Å². The molecule has 0 bridgehead atoms. The van der Waals surface area contributed by atoms with E-state index in [9.17, 15) is 0 Å². The summed E-state index contributed by atoms with van der Waals surface area (Å²) in [6.45, 7) is 2.80. The van der Waals surface area contributed by atoms with E-state index in [1.54, 1.807) is 13.3 Å². The van der Waals surface area contributed by atoms with Crippen LogP contribution in [-0.2, 0) is 13.6 Å². The van der Waals surface area contributed by atoms with E-state index < -0.39 is 0 Å². The minimum absolute atomic E-state index is 0.619. The third-order valence-electron chi connectivity index (χ3n) is 2.77. The SMILES string of the molecule is COc1ccc(NCc2cnn(C)c2C)cn1. The maximum atomic E-state index is 5.00. The molecule has 0 aliphatic rings. The summed E-state index contributed by atoms with van der Waals surface area (Å²) in [5.41, 5.74) is 3.32. The van der Waals surface area contributed by atoms with Gasteiger partial charge in [0, 0.05) is 30.9 Å². The van der Waals surface area contributed by atoms with Gasteiger partial charge in [0.05, 0.1) is 25.2 Å². The van der Waals surface area contributed by atoms with Gasteiger partial charge < -0.3 is 10.1 Å². The van der Waals surface area contributed by atoms with Gasteiger partial charge in [0.1, 0.15) is 0 Å². The van der Waals surface area contributed by atoms with Crippen LogP contribution in [0.3, 0.4) is 0 Å². The number of nitrogens with one attached hydrogen (secondary N) is 1.